The molecule has 2 N–H and O–H groups in total. The Labute approximate surface area is 113 Å². The number of morpholine rings is 1. The summed E-state index contributed by atoms with van der Waals surface area (Å²) in [5.41, 5.74) is 2.01. The Morgan fingerprint density at radius 2 is 2.16 bits per heavy atom. The van der Waals surface area contributed by atoms with Gasteiger partial charge in [-0.3, -0.25) is 0 Å². The van der Waals surface area contributed by atoms with Gasteiger partial charge in [0.2, 0.25) is 0 Å². The fourth-order valence-corrected chi connectivity index (χ4v) is 2.00. The predicted molar refractivity (Wildman–Crippen MR) is 75.2 cm³/mol. The minimum absolute atomic E-state index is 0.0519. The van der Waals surface area contributed by atoms with Gasteiger partial charge in [0.15, 0.2) is 0 Å². The number of urea groups is 1. The van der Waals surface area contributed by atoms with Gasteiger partial charge in [0.1, 0.15) is 0 Å². The quantitative estimate of drug-likeness (QED) is 0.868. The first-order valence-electron chi connectivity index (χ1n) is 6.73. The summed E-state index contributed by atoms with van der Waals surface area (Å²) in [7, 11) is 0. The Hall–Kier alpha value is -1.59. The van der Waals surface area contributed by atoms with Crippen LogP contribution in [-0.4, -0.2) is 43.8 Å². The van der Waals surface area contributed by atoms with Crippen molar-refractivity contribution in [2.24, 2.45) is 0 Å². The van der Waals surface area contributed by atoms with Crippen LogP contribution < -0.4 is 10.6 Å². The highest BCUT2D eigenvalue weighted by molar-refractivity contribution is 5.89. The fourth-order valence-electron chi connectivity index (χ4n) is 2.00. The van der Waals surface area contributed by atoms with Crippen LogP contribution in [0.25, 0.3) is 0 Å². The Morgan fingerprint density at radius 1 is 1.37 bits per heavy atom. The van der Waals surface area contributed by atoms with Gasteiger partial charge in [0.25, 0.3) is 0 Å². The van der Waals surface area contributed by atoms with Crippen LogP contribution in [0.5, 0.6) is 0 Å². The molecule has 1 aromatic carbocycles. The predicted octanol–water partition coefficient (Wildman–Crippen LogP) is 1.66. The summed E-state index contributed by atoms with van der Waals surface area (Å²) in [6.07, 6.45) is 0. The molecule has 1 fully saturated rings. The molecule has 0 radical (unpaired) electrons. The second kappa shape index (κ2) is 7.11. The van der Waals surface area contributed by atoms with E-state index in [-0.39, 0.29) is 6.03 Å². The number of amides is 2. The molecule has 5 nitrogen and oxygen atoms in total. The van der Waals surface area contributed by atoms with Gasteiger partial charge in [0.05, 0.1) is 13.2 Å². The second-order valence-electron chi connectivity index (χ2n) is 4.51. The largest absolute Gasteiger partial charge is 0.378 e. The van der Waals surface area contributed by atoms with Crippen LogP contribution in [0.4, 0.5) is 10.5 Å². The molecule has 0 atom stereocenters. The summed E-state index contributed by atoms with van der Waals surface area (Å²) in [6, 6.07) is 7.87. The average Bonchev–Trinajstić information content (AvgIpc) is 2.46. The van der Waals surface area contributed by atoms with E-state index in [1.54, 1.807) is 4.90 Å². The molecule has 0 aliphatic carbocycles. The van der Waals surface area contributed by atoms with Crippen LogP contribution >= 0.6 is 0 Å². The number of hydrogen-bond donors (Lipinski definition) is 2. The number of carbonyl (C=O) groups is 1. The lowest BCUT2D eigenvalue weighted by Crippen LogP contribution is -2.43. The molecule has 0 aromatic heterocycles. The van der Waals surface area contributed by atoms with Crippen LogP contribution in [0, 0.1) is 0 Å². The van der Waals surface area contributed by atoms with Gasteiger partial charge in [-0.2, -0.15) is 0 Å². The van der Waals surface area contributed by atoms with Gasteiger partial charge >= 0.3 is 6.03 Å². The summed E-state index contributed by atoms with van der Waals surface area (Å²) < 4.78 is 5.23. The average molecular weight is 263 g/mol. The third-order valence-corrected chi connectivity index (χ3v) is 3.06. The number of carbonyl (C=O) groups excluding carboxylic acids is 1. The van der Waals surface area contributed by atoms with Gasteiger partial charge < -0.3 is 20.3 Å². The van der Waals surface area contributed by atoms with Crippen molar-refractivity contribution in [2.75, 3.05) is 38.2 Å². The molecular formula is C14H21N3O2. The molecule has 2 amide bonds. The molecular weight excluding hydrogens is 242 g/mol. The number of anilines is 1. The minimum atomic E-state index is -0.0519. The molecule has 1 aliphatic rings. The zero-order valence-corrected chi connectivity index (χ0v) is 11.3. The summed E-state index contributed by atoms with van der Waals surface area (Å²) in [5.74, 6) is 0. The molecule has 19 heavy (non-hydrogen) atoms. The van der Waals surface area contributed by atoms with Gasteiger partial charge in [-0.15, -0.1) is 0 Å². The molecule has 104 valence electrons. The highest BCUT2D eigenvalue weighted by atomic mass is 16.5. The van der Waals surface area contributed by atoms with Gasteiger partial charge in [0, 0.05) is 25.3 Å². The Kier molecular flexibility index (Phi) is 5.18. The van der Waals surface area contributed by atoms with Crippen molar-refractivity contribution in [2.45, 2.75) is 13.5 Å². The topological polar surface area (TPSA) is 53.6 Å². The van der Waals surface area contributed by atoms with E-state index in [1.807, 2.05) is 24.3 Å². The third kappa shape index (κ3) is 4.22. The minimum Gasteiger partial charge on any atom is -0.378 e. The molecule has 0 saturated carbocycles. The van der Waals surface area contributed by atoms with Gasteiger partial charge in [-0.05, 0) is 24.2 Å². The van der Waals surface area contributed by atoms with E-state index >= 15 is 0 Å². The molecule has 0 bridgehead atoms. The lowest BCUT2D eigenvalue weighted by atomic mass is 10.2. The van der Waals surface area contributed by atoms with Crippen molar-refractivity contribution in [3.8, 4) is 0 Å². The maximum atomic E-state index is 12.0. The molecule has 1 aliphatic heterocycles. The Bertz CT molecular complexity index is 417. The van der Waals surface area contributed by atoms with Crippen LogP contribution in [-0.2, 0) is 11.3 Å². The van der Waals surface area contributed by atoms with E-state index in [4.69, 9.17) is 4.74 Å². The van der Waals surface area contributed by atoms with Crippen molar-refractivity contribution in [3.05, 3.63) is 29.8 Å². The Balaban J connectivity index is 1.92. The van der Waals surface area contributed by atoms with Crippen LogP contribution in [0.2, 0.25) is 0 Å². The van der Waals surface area contributed by atoms with Crippen molar-refractivity contribution >= 4 is 11.7 Å². The van der Waals surface area contributed by atoms with Crippen molar-refractivity contribution in [1.29, 1.82) is 0 Å². The molecule has 2 rings (SSSR count). The number of benzene rings is 1. The van der Waals surface area contributed by atoms with Gasteiger partial charge in [-0.25, -0.2) is 4.79 Å². The summed E-state index contributed by atoms with van der Waals surface area (Å²) in [4.78, 5) is 13.8. The maximum absolute atomic E-state index is 12.0. The van der Waals surface area contributed by atoms with E-state index in [0.29, 0.717) is 26.3 Å². The number of hydrogen-bond acceptors (Lipinski definition) is 3. The number of ether oxygens (including phenoxy) is 1. The summed E-state index contributed by atoms with van der Waals surface area (Å²) in [5, 5.41) is 6.20. The number of nitrogens with zero attached hydrogens (tertiary/aromatic N) is 1. The van der Waals surface area contributed by atoms with E-state index in [2.05, 4.69) is 17.6 Å². The van der Waals surface area contributed by atoms with Crippen molar-refractivity contribution < 1.29 is 9.53 Å². The Morgan fingerprint density at radius 3 is 2.89 bits per heavy atom. The van der Waals surface area contributed by atoms with E-state index in [9.17, 15) is 4.79 Å². The van der Waals surface area contributed by atoms with Gasteiger partial charge in [-0.1, -0.05) is 19.1 Å². The third-order valence-electron chi connectivity index (χ3n) is 3.06. The first kappa shape index (κ1) is 13.8. The van der Waals surface area contributed by atoms with Crippen molar-refractivity contribution in [1.82, 2.24) is 10.2 Å². The number of rotatable bonds is 4. The molecule has 0 unspecified atom stereocenters. The molecule has 1 heterocycles. The maximum Gasteiger partial charge on any atom is 0.321 e. The monoisotopic (exact) mass is 263 g/mol. The van der Waals surface area contributed by atoms with Crippen LogP contribution in [0.1, 0.15) is 12.5 Å². The summed E-state index contributed by atoms with van der Waals surface area (Å²) >= 11 is 0. The standard InChI is InChI=1S/C14H21N3O2/c1-2-15-11-12-4-3-5-13(10-12)16-14(18)17-6-8-19-9-7-17/h3-5,10,15H,2,6-9,11H2,1H3,(H,16,18). The zero-order valence-electron chi connectivity index (χ0n) is 11.3. The van der Waals surface area contributed by atoms with E-state index < -0.39 is 0 Å². The lowest BCUT2D eigenvalue weighted by molar-refractivity contribution is 0.0564. The van der Waals surface area contributed by atoms with Crippen molar-refractivity contribution in [3.63, 3.8) is 0 Å². The van der Waals surface area contributed by atoms with Crippen LogP contribution in [0.3, 0.4) is 0 Å². The number of nitrogens with one attached hydrogen (secondary N) is 2. The van der Waals surface area contributed by atoms with E-state index in [0.717, 1.165) is 18.8 Å². The first-order valence-corrected chi connectivity index (χ1v) is 6.73. The lowest BCUT2D eigenvalue weighted by Gasteiger charge is -2.27. The molecule has 1 saturated heterocycles. The highest BCUT2D eigenvalue weighted by Crippen LogP contribution is 2.12. The normalized spacial score (nSPS) is 15.3. The smallest absolute Gasteiger partial charge is 0.321 e. The zero-order chi connectivity index (χ0) is 13.5. The van der Waals surface area contributed by atoms with E-state index in [1.165, 1.54) is 5.56 Å². The first-order chi connectivity index (χ1) is 9.29. The SMILES string of the molecule is CCNCc1cccc(NC(=O)N2CCOCC2)c1. The molecule has 1 aromatic rings. The van der Waals surface area contributed by atoms with Crippen LogP contribution in [0.15, 0.2) is 24.3 Å². The molecule has 0 spiro atoms. The highest BCUT2D eigenvalue weighted by Gasteiger charge is 2.16. The summed E-state index contributed by atoms with van der Waals surface area (Å²) in [6.45, 7) is 6.37. The fraction of sp³-hybridized carbons (Fsp3) is 0.500. The molecule has 5 heteroatoms. The second-order valence-corrected chi connectivity index (χ2v) is 4.51.